The summed E-state index contributed by atoms with van der Waals surface area (Å²) in [5.74, 6) is -0.519. The molecule has 0 radical (unpaired) electrons. The summed E-state index contributed by atoms with van der Waals surface area (Å²) in [5, 5.41) is 6.32. The molecule has 1 unspecified atom stereocenters. The summed E-state index contributed by atoms with van der Waals surface area (Å²) in [6.07, 6.45) is -3.85. The van der Waals surface area contributed by atoms with Crippen molar-refractivity contribution in [3.8, 4) is 0 Å². The lowest BCUT2D eigenvalue weighted by Crippen LogP contribution is -2.36. The first-order valence-electron chi connectivity index (χ1n) is 9.43. The molecule has 30 heavy (non-hydrogen) atoms. The number of anilines is 2. The minimum absolute atomic E-state index is 0.242. The van der Waals surface area contributed by atoms with E-state index < -0.39 is 23.8 Å². The molecule has 0 saturated carbocycles. The number of carbonyl (C=O) groups is 1. The van der Waals surface area contributed by atoms with Gasteiger partial charge in [-0.25, -0.2) is 0 Å². The van der Waals surface area contributed by atoms with Crippen molar-refractivity contribution in [2.24, 2.45) is 5.16 Å². The predicted molar refractivity (Wildman–Crippen MR) is 108 cm³/mol. The highest BCUT2D eigenvalue weighted by Crippen LogP contribution is 2.29. The van der Waals surface area contributed by atoms with E-state index in [0.717, 1.165) is 36.5 Å². The molecule has 160 valence electrons. The molecule has 6 nitrogen and oxygen atoms in total. The van der Waals surface area contributed by atoms with Crippen LogP contribution in [0.25, 0.3) is 0 Å². The summed E-state index contributed by atoms with van der Waals surface area (Å²) < 4.78 is 43.1. The van der Waals surface area contributed by atoms with E-state index in [1.54, 1.807) is 0 Å². The van der Waals surface area contributed by atoms with E-state index in [-0.39, 0.29) is 5.69 Å². The highest BCUT2D eigenvalue weighted by atomic mass is 19.4. The van der Waals surface area contributed by atoms with Gasteiger partial charge in [0.05, 0.1) is 25.0 Å². The van der Waals surface area contributed by atoms with Crippen LogP contribution in [0.1, 0.15) is 18.1 Å². The fourth-order valence-corrected chi connectivity index (χ4v) is 2.81. The molecule has 1 amide bonds. The van der Waals surface area contributed by atoms with Crippen molar-refractivity contribution in [1.29, 1.82) is 0 Å². The van der Waals surface area contributed by atoms with E-state index in [1.165, 1.54) is 25.3 Å². The van der Waals surface area contributed by atoms with Crippen LogP contribution in [-0.2, 0) is 20.5 Å². The highest BCUT2D eigenvalue weighted by Gasteiger charge is 2.30. The smallest absolute Gasteiger partial charge is 0.383 e. The van der Waals surface area contributed by atoms with Crippen molar-refractivity contribution in [3.05, 3.63) is 59.7 Å². The van der Waals surface area contributed by atoms with Gasteiger partial charge in [-0.05, 0) is 48.9 Å². The average Bonchev–Trinajstić information content (AvgIpc) is 2.74. The lowest BCUT2D eigenvalue weighted by molar-refractivity contribution is -0.137. The Bertz CT molecular complexity index is 862. The lowest BCUT2D eigenvalue weighted by Gasteiger charge is -2.28. The summed E-state index contributed by atoms with van der Waals surface area (Å²) in [6.45, 7) is 4.62. The molecule has 1 saturated heterocycles. The minimum Gasteiger partial charge on any atom is -0.383 e. The van der Waals surface area contributed by atoms with Crippen LogP contribution in [0.15, 0.2) is 53.7 Å². The van der Waals surface area contributed by atoms with Gasteiger partial charge in [-0.15, -0.1) is 0 Å². The van der Waals surface area contributed by atoms with Gasteiger partial charge in [-0.2, -0.15) is 13.2 Å². The fourth-order valence-electron chi connectivity index (χ4n) is 2.81. The SMILES string of the molecule is CC(O/N=C/c1ccc(N2CCOCC2)cc1)C(=O)Nc1ccc(C(F)(F)F)cc1. The van der Waals surface area contributed by atoms with Crippen molar-refractivity contribution >= 4 is 23.5 Å². The van der Waals surface area contributed by atoms with Gasteiger partial charge >= 0.3 is 6.18 Å². The summed E-state index contributed by atoms with van der Waals surface area (Å²) in [7, 11) is 0. The molecule has 1 N–H and O–H groups in total. The van der Waals surface area contributed by atoms with Crippen molar-refractivity contribution in [2.45, 2.75) is 19.2 Å². The van der Waals surface area contributed by atoms with Crippen LogP contribution in [0.2, 0.25) is 0 Å². The van der Waals surface area contributed by atoms with Crippen molar-refractivity contribution in [2.75, 3.05) is 36.5 Å². The van der Waals surface area contributed by atoms with E-state index in [4.69, 9.17) is 9.57 Å². The third-order valence-corrected chi connectivity index (χ3v) is 4.54. The van der Waals surface area contributed by atoms with Crippen molar-refractivity contribution < 1.29 is 27.5 Å². The third kappa shape index (κ3) is 5.96. The van der Waals surface area contributed by atoms with Crippen LogP contribution in [0.5, 0.6) is 0 Å². The Kier molecular flexibility index (Phi) is 6.94. The van der Waals surface area contributed by atoms with Gasteiger partial charge in [0.2, 0.25) is 6.10 Å². The Labute approximate surface area is 172 Å². The third-order valence-electron chi connectivity index (χ3n) is 4.54. The Morgan fingerprint density at radius 2 is 1.77 bits per heavy atom. The number of alkyl halides is 3. The second-order valence-electron chi connectivity index (χ2n) is 6.74. The number of oxime groups is 1. The maximum atomic E-state index is 12.6. The first kappa shape index (κ1) is 21.6. The number of amides is 1. The Balaban J connectivity index is 1.48. The number of halogens is 3. The van der Waals surface area contributed by atoms with Gasteiger partial charge in [-0.3, -0.25) is 4.79 Å². The topological polar surface area (TPSA) is 63.2 Å². The Hall–Kier alpha value is -3.07. The lowest BCUT2D eigenvalue weighted by atomic mass is 10.2. The van der Waals surface area contributed by atoms with Crippen LogP contribution in [0.3, 0.4) is 0 Å². The number of benzene rings is 2. The number of hydrogen-bond acceptors (Lipinski definition) is 5. The van der Waals surface area contributed by atoms with Crippen LogP contribution in [0, 0.1) is 0 Å². The zero-order valence-electron chi connectivity index (χ0n) is 16.4. The number of carbonyl (C=O) groups excluding carboxylic acids is 1. The molecule has 1 aliphatic heterocycles. The standard InChI is InChI=1S/C21H22F3N3O3/c1-15(20(28)26-18-6-4-17(5-7-18)21(22,23)24)30-25-14-16-2-8-19(9-3-16)27-10-12-29-13-11-27/h2-9,14-15H,10-13H2,1H3,(H,26,28)/b25-14+. The van der Waals surface area contributed by atoms with Gasteiger partial charge in [-0.1, -0.05) is 17.3 Å². The molecule has 0 aliphatic carbocycles. The number of morpholine rings is 1. The number of hydrogen-bond donors (Lipinski definition) is 1. The zero-order chi connectivity index (χ0) is 21.6. The summed E-state index contributed by atoms with van der Waals surface area (Å²) in [5.41, 5.74) is 1.36. The van der Waals surface area contributed by atoms with Crippen LogP contribution >= 0.6 is 0 Å². The highest BCUT2D eigenvalue weighted by molar-refractivity contribution is 5.94. The molecule has 9 heteroatoms. The molecule has 1 heterocycles. The van der Waals surface area contributed by atoms with Crippen molar-refractivity contribution in [1.82, 2.24) is 0 Å². The van der Waals surface area contributed by atoms with Gasteiger partial charge in [0.1, 0.15) is 0 Å². The van der Waals surface area contributed by atoms with E-state index in [1.807, 2.05) is 24.3 Å². The van der Waals surface area contributed by atoms with E-state index in [2.05, 4.69) is 15.4 Å². The molecule has 2 aromatic rings. The Morgan fingerprint density at radius 3 is 2.37 bits per heavy atom. The van der Waals surface area contributed by atoms with Gasteiger partial charge in [0, 0.05) is 24.5 Å². The van der Waals surface area contributed by atoms with Gasteiger partial charge in [0.25, 0.3) is 5.91 Å². The second-order valence-corrected chi connectivity index (χ2v) is 6.74. The molecular weight excluding hydrogens is 399 g/mol. The number of rotatable bonds is 6. The molecule has 1 atom stereocenters. The molecule has 0 bridgehead atoms. The van der Waals surface area contributed by atoms with Gasteiger partial charge < -0.3 is 19.8 Å². The maximum Gasteiger partial charge on any atom is 0.416 e. The number of nitrogens with zero attached hydrogens (tertiary/aromatic N) is 2. The largest absolute Gasteiger partial charge is 0.416 e. The van der Waals surface area contributed by atoms with E-state index in [9.17, 15) is 18.0 Å². The monoisotopic (exact) mass is 421 g/mol. The molecule has 2 aromatic carbocycles. The minimum atomic E-state index is -4.42. The van der Waals surface area contributed by atoms with E-state index in [0.29, 0.717) is 13.2 Å². The molecular formula is C21H22F3N3O3. The Morgan fingerprint density at radius 1 is 1.13 bits per heavy atom. The van der Waals surface area contributed by atoms with Crippen molar-refractivity contribution in [3.63, 3.8) is 0 Å². The zero-order valence-corrected chi connectivity index (χ0v) is 16.4. The molecule has 0 aromatic heterocycles. The average molecular weight is 421 g/mol. The first-order valence-corrected chi connectivity index (χ1v) is 9.43. The molecule has 1 aliphatic rings. The van der Waals surface area contributed by atoms with E-state index >= 15 is 0 Å². The normalized spacial score (nSPS) is 15.8. The molecule has 1 fully saturated rings. The number of ether oxygens (including phenoxy) is 1. The summed E-state index contributed by atoms with van der Waals surface area (Å²) in [6, 6.07) is 11.9. The van der Waals surface area contributed by atoms with Crippen LogP contribution < -0.4 is 10.2 Å². The maximum absolute atomic E-state index is 12.6. The first-order chi connectivity index (χ1) is 14.3. The van der Waals surface area contributed by atoms with Crippen LogP contribution in [0.4, 0.5) is 24.5 Å². The summed E-state index contributed by atoms with van der Waals surface area (Å²) >= 11 is 0. The molecule has 0 spiro atoms. The quantitative estimate of drug-likeness (QED) is 0.567. The number of nitrogens with one attached hydrogen (secondary N) is 1. The van der Waals surface area contributed by atoms with Gasteiger partial charge in [0.15, 0.2) is 0 Å². The fraction of sp³-hybridized carbons (Fsp3) is 0.333. The molecule has 3 rings (SSSR count). The summed E-state index contributed by atoms with van der Waals surface area (Å²) in [4.78, 5) is 19.5. The predicted octanol–water partition coefficient (Wildman–Crippen LogP) is 3.92. The second kappa shape index (κ2) is 9.62. The van der Waals surface area contributed by atoms with Crippen LogP contribution in [-0.4, -0.2) is 44.5 Å².